The van der Waals surface area contributed by atoms with Crippen molar-refractivity contribution in [2.24, 2.45) is 5.92 Å². The van der Waals surface area contributed by atoms with Crippen LogP contribution in [0.1, 0.15) is 22.5 Å². The summed E-state index contributed by atoms with van der Waals surface area (Å²) in [6.07, 6.45) is 2.38. The zero-order valence-corrected chi connectivity index (χ0v) is 16.2. The first-order chi connectivity index (χ1) is 12.3. The maximum Gasteiger partial charge on any atom is 0.350 e. The minimum atomic E-state index is -3.33. The number of esters is 1. The predicted molar refractivity (Wildman–Crippen MR) is 101 cm³/mol. The zero-order valence-electron chi connectivity index (χ0n) is 14.5. The number of hydrogen-bond acceptors (Lipinski definition) is 6. The number of carbonyl (C=O) groups excluding carboxylic acids is 2. The van der Waals surface area contributed by atoms with Crippen molar-refractivity contribution in [3.05, 3.63) is 29.1 Å². The van der Waals surface area contributed by atoms with Crippen molar-refractivity contribution in [2.75, 3.05) is 31.8 Å². The largest absolute Gasteiger partial charge is 0.465 e. The van der Waals surface area contributed by atoms with Crippen LogP contribution >= 0.6 is 11.3 Å². The van der Waals surface area contributed by atoms with Gasteiger partial charge in [-0.2, -0.15) is 0 Å². The van der Waals surface area contributed by atoms with Gasteiger partial charge in [0.05, 0.1) is 25.0 Å². The normalized spacial score (nSPS) is 18.6. The van der Waals surface area contributed by atoms with Crippen LogP contribution in [0.5, 0.6) is 0 Å². The van der Waals surface area contributed by atoms with E-state index in [-0.39, 0.29) is 12.5 Å². The van der Waals surface area contributed by atoms with E-state index >= 15 is 0 Å². The lowest BCUT2D eigenvalue weighted by molar-refractivity contribution is -0.120. The number of anilines is 1. The van der Waals surface area contributed by atoms with Gasteiger partial charge in [0.15, 0.2) is 0 Å². The fourth-order valence-electron chi connectivity index (χ4n) is 3.09. The number of methoxy groups -OCH3 is 1. The van der Waals surface area contributed by atoms with Crippen LogP contribution in [0.25, 0.3) is 10.1 Å². The quantitative estimate of drug-likeness (QED) is 0.801. The fraction of sp³-hybridized carbons (Fsp3) is 0.412. The Hall–Kier alpha value is -1.97. The number of hydrogen-bond donors (Lipinski definition) is 1. The zero-order chi connectivity index (χ0) is 18.9. The van der Waals surface area contributed by atoms with Gasteiger partial charge in [0, 0.05) is 23.2 Å². The molecule has 1 aromatic heterocycles. The topological polar surface area (TPSA) is 92.8 Å². The lowest BCUT2D eigenvalue weighted by Crippen LogP contribution is -2.43. The van der Waals surface area contributed by atoms with E-state index < -0.39 is 21.9 Å². The molecule has 0 spiro atoms. The molecule has 0 bridgehead atoms. The third-order valence-corrected chi connectivity index (χ3v) is 6.86. The van der Waals surface area contributed by atoms with Gasteiger partial charge < -0.3 is 10.1 Å². The summed E-state index contributed by atoms with van der Waals surface area (Å²) in [6, 6.07) is 7.39. The number of piperidine rings is 1. The van der Waals surface area contributed by atoms with Crippen molar-refractivity contribution in [2.45, 2.75) is 12.8 Å². The maximum atomic E-state index is 12.8. The van der Waals surface area contributed by atoms with Gasteiger partial charge in [0.25, 0.3) is 0 Å². The van der Waals surface area contributed by atoms with Crippen LogP contribution in [0.3, 0.4) is 0 Å². The van der Waals surface area contributed by atoms with Crippen molar-refractivity contribution in [1.82, 2.24) is 4.31 Å². The van der Waals surface area contributed by atoms with Crippen LogP contribution in [-0.4, -0.2) is 51.1 Å². The molecule has 26 heavy (non-hydrogen) atoms. The van der Waals surface area contributed by atoms with Gasteiger partial charge in [-0.05, 0) is 18.9 Å². The number of nitrogens with one attached hydrogen (secondary N) is 1. The van der Waals surface area contributed by atoms with Crippen LogP contribution in [0.4, 0.5) is 5.69 Å². The molecule has 1 saturated heterocycles. The highest BCUT2D eigenvalue weighted by molar-refractivity contribution is 7.88. The second-order valence-electron chi connectivity index (χ2n) is 6.24. The highest BCUT2D eigenvalue weighted by Crippen LogP contribution is 2.36. The molecule has 1 amide bonds. The highest BCUT2D eigenvalue weighted by atomic mass is 32.2. The van der Waals surface area contributed by atoms with Crippen molar-refractivity contribution in [3.8, 4) is 0 Å². The summed E-state index contributed by atoms with van der Waals surface area (Å²) in [5.41, 5.74) is 0.430. The lowest BCUT2D eigenvalue weighted by atomic mass is 9.98. The first kappa shape index (κ1) is 18.8. The molecule has 2 aromatic rings. The molecule has 1 aromatic carbocycles. The monoisotopic (exact) mass is 396 g/mol. The van der Waals surface area contributed by atoms with Crippen LogP contribution in [0.2, 0.25) is 0 Å². The average Bonchev–Trinajstić information content (AvgIpc) is 2.99. The van der Waals surface area contributed by atoms with E-state index in [4.69, 9.17) is 4.74 Å². The van der Waals surface area contributed by atoms with Crippen LogP contribution in [0.15, 0.2) is 24.3 Å². The standard InChI is InChI=1S/C17H20N2O5S2/c1-24-17(21)15-14(12-7-3-4-8-13(12)25-15)18-16(20)11-6-5-9-19(10-11)26(2,22)23/h3-4,7-8,11H,5-6,9-10H2,1-2H3,(H,18,20)/t11-/m1/s1. The molecule has 1 N–H and O–H groups in total. The molecule has 0 radical (unpaired) electrons. The van der Waals surface area contributed by atoms with E-state index in [1.165, 1.54) is 22.8 Å². The van der Waals surface area contributed by atoms with E-state index in [9.17, 15) is 18.0 Å². The number of sulfonamides is 1. The number of amides is 1. The molecular formula is C17H20N2O5S2. The third-order valence-electron chi connectivity index (χ3n) is 4.44. The minimum absolute atomic E-state index is 0.153. The Kier molecular flexibility index (Phi) is 5.31. The van der Waals surface area contributed by atoms with Gasteiger partial charge in [-0.25, -0.2) is 17.5 Å². The van der Waals surface area contributed by atoms with Gasteiger partial charge in [-0.15, -0.1) is 11.3 Å². The number of nitrogens with zero attached hydrogens (tertiary/aromatic N) is 1. The van der Waals surface area contributed by atoms with E-state index in [0.29, 0.717) is 30.0 Å². The predicted octanol–water partition coefficient (Wildman–Crippen LogP) is 2.30. The van der Waals surface area contributed by atoms with Gasteiger partial charge in [0.1, 0.15) is 4.88 Å². The summed E-state index contributed by atoms with van der Waals surface area (Å²) in [5, 5.41) is 3.61. The summed E-state index contributed by atoms with van der Waals surface area (Å²) in [7, 11) is -2.04. The van der Waals surface area contributed by atoms with Crippen LogP contribution in [0, 0.1) is 5.92 Å². The van der Waals surface area contributed by atoms with Crippen molar-refractivity contribution in [3.63, 3.8) is 0 Å². The third kappa shape index (κ3) is 3.74. The Balaban J connectivity index is 1.88. The highest BCUT2D eigenvalue weighted by Gasteiger charge is 2.31. The van der Waals surface area contributed by atoms with Gasteiger partial charge in [-0.3, -0.25) is 4.79 Å². The van der Waals surface area contributed by atoms with Gasteiger partial charge in [0.2, 0.25) is 15.9 Å². The molecule has 1 aliphatic rings. The van der Waals surface area contributed by atoms with Crippen molar-refractivity contribution < 1.29 is 22.7 Å². The Morgan fingerprint density at radius 2 is 2.04 bits per heavy atom. The van der Waals surface area contributed by atoms with E-state index in [0.717, 1.165) is 16.3 Å². The molecule has 2 heterocycles. The summed E-state index contributed by atoms with van der Waals surface area (Å²) < 4.78 is 30.5. The summed E-state index contributed by atoms with van der Waals surface area (Å²) in [6.45, 7) is 0.581. The molecule has 3 rings (SSSR count). The lowest BCUT2D eigenvalue weighted by Gasteiger charge is -2.30. The molecule has 1 atom stereocenters. The Bertz CT molecular complexity index is 951. The van der Waals surface area contributed by atoms with E-state index in [1.807, 2.05) is 24.3 Å². The first-order valence-corrected chi connectivity index (χ1v) is 10.8. The molecule has 0 saturated carbocycles. The molecule has 1 fully saturated rings. The smallest absolute Gasteiger partial charge is 0.350 e. The second-order valence-corrected chi connectivity index (χ2v) is 9.28. The summed E-state index contributed by atoms with van der Waals surface area (Å²) in [4.78, 5) is 25.2. The molecule has 0 unspecified atom stereocenters. The molecule has 140 valence electrons. The Morgan fingerprint density at radius 3 is 2.73 bits per heavy atom. The number of thiophene rings is 1. The molecular weight excluding hydrogens is 376 g/mol. The number of rotatable bonds is 4. The van der Waals surface area contributed by atoms with E-state index in [2.05, 4.69) is 5.32 Å². The number of carbonyl (C=O) groups is 2. The Labute approximate surface area is 156 Å². The maximum absolute atomic E-state index is 12.8. The van der Waals surface area contributed by atoms with Crippen LogP contribution < -0.4 is 5.32 Å². The number of fused-ring (bicyclic) bond motifs is 1. The molecule has 0 aliphatic carbocycles. The van der Waals surface area contributed by atoms with Gasteiger partial charge >= 0.3 is 5.97 Å². The van der Waals surface area contributed by atoms with Crippen LogP contribution in [-0.2, 0) is 19.6 Å². The van der Waals surface area contributed by atoms with Gasteiger partial charge in [-0.1, -0.05) is 18.2 Å². The SMILES string of the molecule is COC(=O)c1sc2ccccc2c1NC(=O)[C@@H]1CCCN(S(C)(=O)=O)C1. The number of ether oxygens (including phenoxy) is 1. The Morgan fingerprint density at radius 1 is 1.31 bits per heavy atom. The summed E-state index contributed by atoms with van der Waals surface area (Å²) in [5.74, 6) is -1.25. The fourth-order valence-corrected chi connectivity index (χ4v) is 5.08. The number of benzene rings is 1. The molecule has 1 aliphatic heterocycles. The minimum Gasteiger partial charge on any atom is -0.465 e. The van der Waals surface area contributed by atoms with Crippen molar-refractivity contribution >= 4 is 49.0 Å². The summed E-state index contributed by atoms with van der Waals surface area (Å²) >= 11 is 1.25. The first-order valence-electron chi connectivity index (χ1n) is 8.17. The van der Waals surface area contributed by atoms with Crippen molar-refractivity contribution in [1.29, 1.82) is 0 Å². The second kappa shape index (κ2) is 7.34. The molecule has 7 nitrogen and oxygen atoms in total. The van der Waals surface area contributed by atoms with E-state index in [1.54, 1.807) is 0 Å². The average molecular weight is 396 g/mol. The molecule has 9 heteroatoms.